The zero-order valence-electron chi connectivity index (χ0n) is 10.8. The maximum Gasteiger partial charge on any atom is 0.274 e. The van der Waals surface area contributed by atoms with E-state index in [9.17, 15) is 9.59 Å². The van der Waals surface area contributed by atoms with Crippen LogP contribution in [0.4, 0.5) is 0 Å². The fourth-order valence-electron chi connectivity index (χ4n) is 2.26. The van der Waals surface area contributed by atoms with Gasteiger partial charge in [0.1, 0.15) is 0 Å². The SMILES string of the molecule is CNC(=O)c1nnn2c1C(=O)N[C@@H](c1ccccc1)C2. The van der Waals surface area contributed by atoms with Gasteiger partial charge in [-0.3, -0.25) is 9.59 Å². The molecule has 102 valence electrons. The quantitative estimate of drug-likeness (QED) is 0.812. The molecule has 0 saturated heterocycles. The smallest absolute Gasteiger partial charge is 0.274 e. The fraction of sp³-hybridized carbons (Fsp3) is 0.231. The van der Waals surface area contributed by atoms with Crippen LogP contribution in [0, 0.1) is 0 Å². The van der Waals surface area contributed by atoms with Crippen LogP contribution in [0.5, 0.6) is 0 Å². The summed E-state index contributed by atoms with van der Waals surface area (Å²) in [5.41, 5.74) is 1.25. The molecule has 0 bridgehead atoms. The summed E-state index contributed by atoms with van der Waals surface area (Å²) in [6, 6.07) is 9.44. The molecular weight excluding hydrogens is 258 g/mol. The van der Waals surface area contributed by atoms with E-state index >= 15 is 0 Å². The maximum atomic E-state index is 12.2. The van der Waals surface area contributed by atoms with Crippen LogP contribution < -0.4 is 10.6 Å². The summed E-state index contributed by atoms with van der Waals surface area (Å²) in [5, 5.41) is 13.0. The molecule has 0 aliphatic carbocycles. The molecule has 1 aromatic carbocycles. The van der Waals surface area contributed by atoms with Crippen molar-refractivity contribution in [2.24, 2.45) is 0 Å². The summed E-state index contributed by atoms with van der Waals surface area (Å²) in [4.78, 5) is 23.8. The van der Waals surface area contributed by atoms with E-state index in [0.717, 1.165) is 5.56 Å². The van der Waals surface area contributed by atoms with Crippen LogP contribution in [-0.2, 0) is 6.54 Å². The predicted octanol–water partition coefficient (Wildman–Crippen LogP) is 0.122. The number of rotatable bonds is 2. The van der Waals surface area contributed by atoms with Gasteiger partial charge in [-0.1, -0.05) is 35.5 Å². The molecule has 1 atom stereocenters. The molecule has 2 aromatic rings. The first kappa shape index (κ1) is 12.3. The third-order valence-corrected chi connectivity index (χ3v) is 3.26. The summed E-state index contributed by atoms with van der Waals surface area (Å²) in [6.07, 6.45) is 0. The lowest BCUT2D eigenvalue weighted by atomic mass is 10.0. The molecule has 2 N–H and O–H groups in total. The van der Waals surface area contributed by atoms with E-state index in [2.05, 4.69) is 20.9 Å². The van der Waals surface area contributed by atoms with E-state index in [0.29, 0.717) is 6.54 Å². The predicted molar refractivity (Wildman–Crippen MR) is 70.1 cm³/mol. The normalized spacial score (nSPS) is 17.2. The second kappa shape index (κ2) is 4.76. The lowest BCUT2D eigenvalue weighted by Gasteiger charge is -2.24. The molecule has 1 aromatic heterocycles. The summed E-state index contributed by atoms with van der Waals surface area (Å²) in [5.74, 6) is -0.756. The number of nitrogens with one attached hydrogen (secondary N) is 2. The summed E-state index contributed by atoms with van der Waals surface area (Å²) in [6.45, 7) is 0.453. The largest absolute Gasteiger partial charge is 0.354 e. The zero-order chi connectivity index (χ0) is 14.1. The second-order valence-electron chi connectivity index (χ2n) is 4.48. The van der Waals surface area contributed by atoms with Gasteiger partial charge in [-0.2, -0.15) is 0 Å². The summed E-state index contributed by atoms with van der Waals surface area (Å²) >= 11 is 0. The van der Waals surface area contributed by atoms with Crippen LogP contribution in [0.25, 0.3) is 0 Å². The lowest BCUT2D eigenvalue weighted by Crippen LogP contribution is -2.40. The Hall–Kier alpha value is -2.70. The van der Waals surface area contributed by atoms with E-state index in [1.165, 1.54) is 11.7 Å². The van der Waals surface area contributed by atoms with Gasteiger partial charge >= 0.3 is 0 Å². The first-order valence-electron chi connectivity index (χ1n) is 6.22. The highest BCUT2D eigenvalue weighted by Gasteiger charge is 2.32. The molecule has 0 radical (unpaired) electrons. The second-order valence-corrected chi connectivity index (χ2v) is 4.48. The highest BCUT2D eigenvalue weighted by Crippen LogP contribution is 2.21. The summed E-state index contributed by atoms with van der Waals surface area (Å²) in [7, 11) is 1.49. The highest BCUT2D eigenvalue weighted by atomic mass is 16.2. The van der Waals surface area contributed by atoms with Gasteiger partial charge in [0.15, 0.2) is 11.4 Å². The molecule has 0 spiro atoms. The zero-order valence-corrected chi connectivity index (χ0v) is 10.8. The van der Waals surface area contributed by atoms with Crippen LogP contribution >= 0.6 is 0 Å². The standard InChI is InChI=1S/C13H13N5O2/c1-14-12(19)10-11-13(20)15-9(7-18(11)17-16-10)8-5-3-2-4-6-8/h2-6,9H,7H2,1H3,(H,14,19)(H,15,20)/t9-/m1/s1. The Kier molecular flexibility index (Phi) is 2.94. The van der Waals surface area contributed by atoms with Crippen molar-refractivity contribution in [2.45, 2.75) is 12.6 Å². The van der Waals surface area contributed by atoms with Gasteiger partial charge in [0.25, 0.3) is 11.8 Å². The Bertz CT molecular complexity index is 665. The Morgan fingerprint density at radius 3 is 2.85 bits per heavy atom. The van der Waals surface area contributed by atoms with Gasteiger partial charge in [0, 0.05) is 7.05 Å². The van der Waals surface area contributed by atoms with Crippen molar-refractivity contribution in [1.29, 1.82) is 0 Å². The van der Waals surface area contributed by atoms with E-state index in [4.69, 9.17) is 0 Å². The number of amides is 2. The van der Waals surface area contributed by atoms with Gasteiger partial charge in [0.2, 0.25) is 0 Å². The Morgan fingerprint density at radius 2 is 2.15 bits per heavy atom. The molecule has 0 unspecified atom stereocenters. The maximum absolute atomic E-state index is 12.2. The number of hydrogen-bond acceptors (Lipinski definition) is 4. The van der Waals surface area contributed by atoms with E-state index < -0.39 is 5.91 Å². The minimum atomic E-state index is -0.417. The molecule has 2 amide bonds. The molecular formula is C13H13N5O2. The van der Waals surface area contributed by atoms with Gasteiger partial charge in [-0.15, -0.1) is 5.10 Å². The van der Waals surface area contributed by atoms with E-state index in [1.807, 2.05) is 30.3 Å². The molecule has 7 nitrogen and oxygen atoms in total. The molecule has 0 fully saturated rings. The van der Waals surface area contributed by atoms with E-state index in [-0.39, 0.29) is 23.3 Å². The molecule has 7 heteroatoms. The monoisotopic (exact) mass is 271 g/mol. The van der Waals surface area contributed by atoms with Crippen LogP contribution in [0.3, 0.4) is 0 Å². The van der Waals surface area contributed by atoms with Crippen molar-refractivity contribution in [2.75, 3.05) is 7.05 Å². The van der Waals surface area contributed by atoms with Crippen molar-refractivity contribution >= 4 is 11.8 Å². The van der Waals surface area contributed by atoms with Crippen LogP contribution in [0.2, 0.25) is 0 Å². The van der Waals surface area contributed by atoms with Crippen LogP contribution in [-0.4, -0.2) is 33.9 Å². The van der Waals surface area contributed by atoms with Crippen molar-refractivity contribution in [3.63, 3.8) is 0 Å². The Morgan fingerprint density at radius 1 is 1.40 bits per heavy atom. The molecule has 0 saturated carbocycles. The lowest BCUT2D eigenvalue weighted by molar-refractivity contribution is 0.0878. The molecule has 1 aliphatic rings. The van der Waals surface area contributed by atoms with Crippen molar-refractivity contribution in [3.8, 4) is 0 Å². The molecule has 3 rings (SSSR count). The third-order valence-electron chi connectivity index (χ3n) is 3.26. The minimum absolute atomic E-state index is 0.0523. The fourth-order valence-corrected chi connectivity index (χ4v) is 2.26. The first-order chi connectivity index (χ1) is 9.70. The van der Waals surface area contributed by atoms with Gasteiger partial charge in [-0.05, 0) is 5.56 Å². The molecule has 20 heavy (non-hydrogen) atoms. The number of carbonyl (C=O) groups is 2. The van der Waals surface area contributed by atoms with E-state index in [1.54, 1.807) is 0 Å². The number of fused-ring (bicyclic) bond motifs is 1. The number of hydrogen-bond donors (Lipinski definition) is 2. The van der Waals surface area contributed by atoms with Crippen molar-refractivity contribution < 1.29 is 9.59 Å². The number of benzene rings is 1. The topological polar surface area (TPSA) is 88.9 Å². The Balaban J connectivity index is 1.95. The number of carbonyl (C=O) groups excluding carboxylic acids is 2. The Labute approximate surface area is 115 Å². The van der Waals surface area contributed by atoms with Gasteiger partial charge < -0.3 is 10.6 Å². The van der Waals surface area contributed by atoms with Crippen molar-refractivity contribution in [3.05, 3.63) is 47.3 Å². The average Bonchev–Trinajstić information content (AvgIpc) is 2.92. The highest BCUT2D eigenvalue weighted by molar-refractivity contribution is 6.05. The summed E-state index contributed by atoms with van der Waals surface area (Å²) < 4.78 is 1.47. The van der Waals surface area contributed by atoms with Crippen LogP contribution in [0.15, 0.2) is 30.3 Å². The first-order valence-corrected chi connectivity index (χ1v) is 6.22. The minimum Gasteiger partial charge on any atom is -0.354 e. The number of nitrogens with zero attached hydrogens (tertiary/aromatic N) is 3. The third kappa shape index (κ3) is 1.93. The number of aromatic nitrogens is 3. The van der Waals surface area contributed by atoms with Gasteiger partial charge in [0.05, 0.1) is 12.6 Å². The van der Waals surface area contributed by atoms with Crippen LogP contribution in [0.1, 0.15) is 32.6 Å². The molecule has 1 aliphatic heterocycles. The van der Waals surface area contributed by atoms with Gasteiger partial charge in [-0.25, -0.2) is 4.68 Å². The molecule has 2 heterocycles. The average molecular weight is 271 g/mol. The van der Waals surface area contributed by atoms with Crippen molar-refractivity contribution in [1.82, 2.24) is 25.6 Å².